The Kier molecular flexibility index (Phi) is 5.35. The number of rotatable bonds is 8. The Balaban J connectivity index is 1.88. The molecule has 2 aromatic rings. The van der Waals surface area contributed by atoms with Crippen molar-refractivity contribution in [3.05, 3.63) is 18.0 Å². The van der Waals surface area contributed by atoms with Gasteiger partial charge in [0.1, 0.15) is 4.90 Å². The van der Waals surface area contributed by atoms with Crippen LogP contribution in [0, 0.1) is 0 Å². The van der Waals surface area contributed by atoms with Crippen LogP contribution in [0.3, 0.4) is 0 Å². The number of aromatic nitrogens is 3. The number of methoxy groups -OCH3 is 2. The van der Waals surface area contributed by atoms with Gasteiger partial charge < -0.3 is 19.2 Å². The third-order valence-electron chi connectivity index (χ3n) is 4.16. The van der Waals surface area contributed by atoms with Crippen molar-refractivity contribution >= 4 is 16.0 Å². The quantitative estimate of drug-likeness (QED) is 0.694. The minimum atomic E-state index is -4.00. The highest BCUT2D eigenvalue weighted by atomic mass is 32.2. The first-order valence-corrected chi connectivity index (χ1v) is 9.48. The zero-order valence-corrected chi connectivity index (χ0v) is 15.3. The fourth-order valence-electron chi connectivity index (χ4n) is 2.60. The maximum Gasteiger partial charge on any atom is 0.387 e. The van der Waals surface area contributed by atoms with Crippen LogP contribution < -0.4 is 18.9 Å². The molecule has 9 nitrogen and oxygen atoms in total. The van der Waals surface area contributed by atoms with Gasteiger partial charge in [-0.2, -0.15) is 18.7 Å². The Morgan fingerprint density at radius 2 is 1.85 bits per heavy atom. The average Bonchev–Trinajstić information content (AvgIpc) is 3.03. The lowest BCUT2D eigenvalue weighted by Crippen LogP contribution is -2.16. The van der Waals surface area contributed by atoms with Crippen molar-refractivity contribution in [2.45, 2.75) is 36.7 Å². The molecule has 0 radical (unpaired) electrons. The molecule has 0 saturated heterocycles. The van der Waals surface area contributed by atoms with Crippen molar-refractivity contribution in [3.8, 4) is 17.5 Å². The third kappa shape index (κ3) is 4.04. The van der Waals surface area contributed by atoms with Crippen LogP contribution in [-0.2, 0) is 10.0 Å². The molecule has 1 aliphatic carbocycles. The molecule has 0 amide bonds. The number of aromatic amines is 1. The molecule has 0 unspecified atom stereocenters. The van der Waals surface area contributed by atoms with Crippen LogP contribution in [0.4, 0.5) is 14.7 Å². The van der Waals surface area contributed by atoms with E-state index in [0.29, 0.717) is 5.92 Å². The van der Waals surface area contributed by atoms with Crippen LogP contribution in [0.15, 0.2) is 17.2 Å². The summed E-state index contributed by atoms with van der Waals surface area (Å²) in [6, 6.07) is 1.55. The molecule has 148 valence electrons. The second kappa shape index (κ2) is 7.55. The monoisotopic (exact) mass is 404 g/mol. The number of nitrogens with zero attached hydrogens (tertiary/aromatic N) is 2. The molecule has 12 heteroatoms. The Morgan fingerprint density at radius 1 is 1.22 bits per heavy atom. The van der Waals surface area contributed by atoms with E-state index in [2.05, 4.69) is 24.4 Å². The van der Waals surface area contributed by atoms with Crippen LogP contribution >= 0.6 is 0 Å². The molecule has 3 rings (SSSR count). The minimum absolute atomic E-state index is 0.0128. The maximum atomic E-state index is 12.6. The highest BCUT2D eigenvalue weighted by molar-refractivity contribution is 7.92. The van der Waals surface area contributed by atoms with E-state index >= 15 is 0 Å². The van der Waals surface area contributed by atoms with Crippen molar-refractivity contribution in [1.29, 1.82) is 0 Å². The standard InChI is InChI=1S/C15H18F2N4O5S/c1-24-12-11(26-14(16)17)13(25-2)20-15(19-12)21-27(22,23)9-6-10(18-7-9)8-4-3-5-8/h6-8,14,18H,3-5H2,1-2H3,(H,19,20,21). The molecule has 0 aliphatic heterocycles. The van der Waals surface area contributed by atoms with Gasteiger partial charge in [0.05, 0.1) is 14.2 Å². The Morgan fingerprint density at radius 3 is 2.33 bits per heavy atom. The van der Waals surface area contributed by atoms with Gasteiger partial charge in [0.25, 0.3) is 21.8 Å². The molecular formula is C15H18F2N4O5S. The van der Waals surface area contributed by atoms with E-state index < -0.39 is 40.1 Å². The molecule has 0 aromatic carbocycles. The molecule has 1 fully saturated rings. The molecular weight excluding hydrogens is 386 g/mol. The van der Waals surface area contributed by atoms with Gasteiger partial charge in [-0.3, -0.25) is 0 Å². The number of alkyl halides is 2. The topological polar surface area (TPSA) is 115 Å². The summed E-state index contributed by atoms with van der Waals surface area (Å²) in [5.74, 6) is -1.41. The van der Waals surface area contributed by atoms with Gasteiger partial charge in [-0.05, 0) is 24.8 Å². The first-order valence-electron chi connectivity index (χ1n) is 8.00. The first-order chi connectivity index (χ1) is 12.8. The number of ether oxygens (including phenoxy) is 3. The Labute approximate surface area is 154 Å². The normalized spacial score (nSPS) is 14.7. The molecule has 0 spiro atoms. The van der Waals surface area contributed by atoms with Crippen LogP contribution in [-0.4, -0.2) is 44.2 Å². The SMILES string of the molecule is COc1nc(NS(=O)(=O)c2c[nH]c(C3CCC3)c2)nc(OC)c1OC(F)F. The van der Waals surface area contributed by atoms with Crippen LogP contribution in [0.25, 0.3) is 0 Å². The van der Waals surface area contributed by atoms with Crippen molar-refractivity contribution < 1.29 is 31.4 Å². The van der Waals surface area contributed by atoms with Crippen LogP contribution in [0.1, 0.15) is 30.9 Å². The van der Waals surface area contributed by atoms with Crippen LogP contribution in [0.5, 0.6) is 17.5 Å². The Hall–Kier alpha value is -2.63. The molecule has 1 saturated carbocycles. The second-order valence-corrected chi connectivity index (χ2v) is 7.48. The van der Waals surface area contributed by atoms with E-state index in [1.54, 1.807) is 6.07 Å². The van der Waals surface area contributed by atoms with Crippen LogP contribution in [0.2, 0.25) is 0 Å². The predicted octanol–water partition coefficient (Wildman–Crippen LogP) is 2.49. The Bertz CT molecular complexity index is 890. The fraction of sp³-hybridized carbons (Fsp3) is 0.467. The summed E-state index contributed by atoms with van der Waals surface area (Å²) in [4.78, 5) is 10.5. The molecule has 27 heavy (non-hydrogen) atoms. The lowest BCUT2D eigenvalue weighted by Gasteiger charge is -2.23. The highest BCUT2D eigenvalue weighted by Gasteiger charge is 2.26. The zero-order chi connectivity index (χ0) is 19.6. The molecule has 1 aliphatic rings. The number of hydrogen-bond acceptors (Lipinski definition) is 7. The smallest absolute Gasteiger partial charge is 0.387 e. The number of H-pyrrole nitrogens is 1. The minimum Gasteiger partial charge on any atom is -0.478 e. The van der Waals surface area contributed by atoms with Crippen molar-refractivity contribution in [3.63, 3.8) is 0 Å². The number of anilines is 1. The lowest BCUT2D eigenvalue weighted by molar-refractivity contribution is -0.0533. The largest absolute Gasteiger partial charge is 0.478 e. The molecule has 0 bridgehead atoms. The lowest BCUT2D eigenvalue weighted by atomic mass is 9.83. The van der Waals surface area contributed by atoms with Gasteiger partial charge in [-0.15, -0.1) is 0 Å². The summed E-state index contributed by atoms with van der Waals surface area (Å²) in [6.07, 6.45) is 4.51. The van der Waals surface area contributed by atoms with E-state index in [-0.39, 0.29) is 4.90 Å². The van der Waals surface area contributed by atoms with Gasteiger partial charge in [-0.25, -0.2) is 13.1 Å². The average molecular weight is 404 g/mol. The van der Waals surface area contributed by atoms with E-state index in [1.165, 1.54) is 6.20 Å². The summed E-state index contributed by atoms with van der Waals surface area (Å²) in [7, 11) is -1.68. The molecule has 2 aromatic heterocycles. The second-order valence-electron chi connectivity index (χ2n) is 5.80. The maximum absolute atomic E-state index is 12.6. The first kappa shape index (κ1) is 19.1. The van der Waals surface area contributed by atoms with Crippen molar-refractivity contribution in [2.24, 2.45) is 0 Å². The highest BCUT2D eigenvalue weighted by Crippen LogP contribution is 2.38. The summed E-state index contributed by atoms with van der Waals surface area (Å²) in [5.41, 5.74) is 0.846. The zero-order valence-electron chi connectivity index (χ0n) is 14.5. The fourth-order valence-corrected chi connectivity index (χ4v) is 3.55. The number of nitrogens with one attached hydrogen (secondary N) is 2. The van der Waals surface area contributed by atoms with Gasteiger partial charge in [-0.1, -0.05) is 6.42 Å². The number of halogens is 2. The van der Waals surface area contributed by atoms with Gasteiger partial charge >= 0.3 is 6.61 Å². The van der Waals surface area contributed by atoms with E-state index in [1.807, 2.05) is 0 Å². The molecule has 2 N–H and O–H groups in total. The van der Waals surface area contributed by atoms with Gasteiger partial charge in [0.2, 0.25) is 11.7 Å². The van der Waals surface area contributed by atoms with Gasteiger partial charge in [0.15, 0.2) is 0 Å². The van der Waals surface area contributed by atoms with E-state index in [4.69, 9.17) is 9.47 Å². The van der Waals surface area contributed by atoms with E-state index in [0.717, 1.165) is 39.2 Å². The summed E-state index contributed by atoms with van der Waals surface area (Å²) in [6.45, 7) is -3.16. The van der Waals surface area contributed by atoms with E-state index in [9.17, 15) is 17.2 Å². The van der Waals surface area contributed by atoms with Crippen molar-refractivity contribution in [1.82, 2.24) is 15.0 Å². The van der Waals surface area contributed by atoms with Gasteiger partial charge in [0, 0.05) is 11.9 Å². The number of sulfonamides is 1. The third-order valence-corrected chi connectivity index (χ3v) is 5.46. The summed E-state index contributed by atoms with van der Waals surface area (Å²) >= 11 is 0. The molecule has 0 atom stereocenters. The summed E-state index contributed by atoms with van der Waals surface area (Å²) < 4.78 is 66.4. The summed E-state index contributed by atoms with van der Waals surface area (Å²) in [5, 5.41) is 0. The predicted molar refractivity (Wildman–Crippen MR) is 90.0 cm³/mol. The molecule has 2 heterocycles. The van der Waals surface area contributed by atoms with Crippen molar-refractivity contribution in [2.75, 3.05) is 18.9 Å². The number of hydrogen-bond donors (Lipinski definition) is 2.